The van der Waals surface area contributed by atoms with Crippen LogP contribution in [0.5, 0.6) is 0 Å². The van der Waals surface area contributed by atoms with Gasteiger partial charge in [-0.15, -0.1) is 10.2 Å². The number of rotatable bonds is 6. The van der Waals surface area contributed by atoms with Gasteiger partial charge in [0.25, 0.3) is 0 Å². The Bertz CT molecular complexity index is 727. The van der Waals surface area contributed by atoms with E-state index in [1.165, 1.54) is 0 Å². The number of carbonyl (C=O) groups excluding carboxylic acids is 1. The molecule has 1 N–H and O–H groups in total. The Hall–Kier alpha value is -1.99. The third kappa shape index (κ3) is 3.99. The number of anilines is 1. The third-order valence-corrected chi connectivity index (χ3v) is 4.55. The van der Waals surface area contributed by atoms with Crippen molar-refractivity contribution in [1.29, 1.82) is 0 Å². The maximum atomic E-state index is 12.8. The van der Waals surface area contributed by atoms with E-state index in [9.17, 15) is 4.79 Å². The molecule has 3 rings (SSSR count). The van der Waals surface area contributed by atoms with Crippen molar-refractivity contribution in [3.05, 3.63) is 24.2 Å². The summed E-state index contributed by atoms with van der Waals surface area (Å²) in [5.74, 6) is 1.13. The Morgan fingerprint density at radius 1 is 1.40 bits per heavy atom. The lowest BCUT2D eigenvalue weighted by atomic mass is 10.2. The van der Waals surface area contributed by atoms with Crippen molar-refractivity contribution in [3.63, 3.8) is 0 Å². The van der Waals surface area contributed by atoms with Crippen LogP contribution in [0.25, 0.3) is 5.65 Å². The highest BCUT2D eigenvalue weighted by atomic mass is 16.5. The molecular formula is C18H27N5O2. The summed E-state index contributed by atoms with van der Waals surface area (Å²) in [4.78, 5) is 15.0. The average Bonchev–Trinajstić information content (AvgIpc) is 3.03. The van der Waals surface area contributed by atoms with E-state index in [1.54, 1.807) is 0 Å². The Labute approximate surface area is 148 Å². The average molecular weight is 345 g/mol. The molecule has 2 aromatic heterocycles. The smallest absolute Gasteiger partial charge is 0.244 e. The summed E-state index contributed by atoms with van der Waals surface area (Å²) in [6.45, 7) is 9.19. The second-order valence-electron chi connectivity index (χ2n) is 6.83. The number of ether oxygens (including phenoxy) is 1. The molecular weight excluding hydrogens is 318 g/mol. The number of hydrogen-bond donors (Lipinski definition) is 1. The Morgan fingerprint density at radius 2 is 2.24 bits per heavy atom. The minimum atomic E-state index is -0.235. The van der Waals surface area contributed by atoms with E-state index >= 15 is 0 Å². The summed E-state index contributed by atoms with van der Waals surface area (Å²) in [7, 11) is 0. The molecule has 0 bridgehead atoms. The van der Waals surface area contributed by atoms with Gasteiger partial charge in [0.15, 0.2) is 5.65 Å². The summed E-state index contributed by atoms with van der Waals surface area (Å²) < 4.78 is 7.47. The monoisotopic (exact) mass is 345 g/mol. The van der Waals surface area contributed by atoms with Crippen molar-refractivity contribution in [2.45, 2.75) is 45.6 Å². The van der Waals surface area contributed by atoms with Crippen LogP contribution in [0, 0.1) is 0 Å². The first-order valence-electron chi connectivity index (χ1n) is 9.07. The fraction of sp³-hybridized carbons (Fsp3) is 0.611. The highest BCUT2D eigenvalue weighted by molar-refractivity contribution is 5.95. The van der Waals surface area contributed by atoms with Gasteiger partial charge in [0.2, 0.25) is 5.91 Å². The van der Waals surface area contributed by atoms with E-state index in [2.05, 4.69) is 41.2 Å². The first kappa shape index (κ1) is 17.8. The summed E-state index contributed by atoms with van der Waals surface area (Å²) in [6.07, 6.45) is 4.10. The van der Waals surface area contributed by atoms with Crippen LogP contribution in [0.4, 0.5) is 5.69 Å². The molecule has 0 spiro atoms. The number of unbranched alkanes of at least 4 members (excludes halogenated alkanes) is 1. The lowest BCUT2D eigenvalue weighted by molar-refractivity contribution is -0.127. The number of amides is 1. The van der Waals surface area contributed by atoms with Gasteiger partial charge in [-0.25, -0.2) is 0 Å². The molecule has 1 fully saturated rings. The van der Waals surface area contributed by atoms with Crippen LogP contribution < -0.4 is 5.32 Å². The van der Waals surface area contributed by atoms with Crippen molar-refractivity contribution in [3.8, 4) is 0 Å². The standard InChI is InChI=1S/C18H27N5O2/c1-4-5-8-22-9-10-25-12-15(22)18(24)19-14-6-7-16-20-21-17(13(2)3)23(16)11-14/h6-7,11,13,15H,4-5,8-10,12H2,1-3H3,(H,19,24). The second-order valence-corrected chi connectivity index (χ2v) is 6.83. The lowest BCUT2D eigenvalue weighted by Gasteiger charge is -2.34. The molecule has 0 saturated carbocycles. The minimum absolute atomic E-state index is 0.0191. The van der Waals surface area contributed by atoms with E-state index in [0.29, 0.717) is 13.2 Å². The zero-order chi connectivity index (χ0) is 17.8. The second kappa shape index (κ2) is 7.93. The van der Waals surface area contributed by atoms with E-state index in [-0.39, 0.29) is 17.9 Å². The quantitative estimate of drug-likeness (QED) is 0.870. The summed E-state index contributed by atoms with van der Waals surface area (Å²) >= 11 is 0. The van der Waals surface area contributed by atoms with Crippen LogP contribution >= 0.6 is 0 Å². The van der Waals surface area contributed by atoms with Crippen LogP contribution in [-0.2, 0) is 9.53 Å². The number of morpholine rings is 1. The van der Waals surface area contributed by atoms with Crippen molar-refractivity contribution in [1.82, 2.24) is 19.5 Å². The molecule has 0 radical (unpaired) electrons. The topological polar surface area (TPSA) is 71.8 Å². The summed E-state index contributed by atoms with van der Waals surface area (Å²) in [6, 6.07) is 3.51. The number of nitrogens with zero attached hydrogens (tertiary/aromatic N) is 4. The molecule has 0 aromatic carbocycles. The first-order valence-corrected chi connectivity index (χ1v) is 9.07. The first-order chi connectivity index (χ1) is 12.1. The normalized spacial score (nSPS) is 18.8. The molecule has 136 valence electrons. The molecule has 1 unspecified atom stereocenters. The Balaban J connectivity index is 1.75. The van der Waals surface area contributed by atoms with Crippen molar-refractivity contribution in [2.24, 2.45) is 0 Å². The van der Waals surface area contributed by atoms with Gasteiger partial charge in [0, 0.05) is 18.7 Å². The minimum Gasteiger partial charge on any atom is -0.378 e. The fourth-order valence-electron chi connectivity index (χ4n) is 3.11. The highest BCUT2D eigenvalue weighted by Crippen LogP contribution is 2.18. The highest BCUT2D eigenvalue weighted by Gasteiger charge is 2.29. The number of pyridine rings is 1. The van der Waals surface area contributed by atoms with Gasteiger partial charge in [-0.3, -0.25) is 14.1 Å². The molecule has 1 aliphatic rings. The predicted molar refractivity (Wildman–Crippen MR) is 96.8 cm³/mol. The zero-order valence-electron chi connectivity index (χ0n) is 15.2. The number of hydrogen-bond acceptors (Lipinski definition) is 5. The maximum absolute atomic E-state index is 12.8. The van der Waals surface area contributed by atoms with Gasteiger partial charge in [-0.05, 0) is 25.1 Å². The third-order valence-electron chi connectivity index (χ3n) is 4.55. The molecule has 1 saturated heterocycles. The van der Waals surface area contributed by atoms with E-state index in [1.807, 2.05) is 22.7 Å². The number of carbonyl (C=O) groups is 1. The largest absolute Gasteiger partial charge is 0.378 e. The molecule has 7 heteroatoms. The molecule has 0 aliphatic carbocycles. The summed E-state index contributed by atoms with van der Waals surface area (Å²) in [5, 5.41) is 11.4. The Morgan fingerprint density at radius 3 is 3.00 bits per heavy atom. The van der Waals surface area contributed by atoms with Crippen LogP contribution in [0.15, 0.2) is 18.3 Å². The van der Waals surface area contributed by atoms with E-state index in [4.69, 9.17) is 4.74 Å². The van der Waals surface area contributed by atoms with Gasteiger partial charge in [0.1, 0.15) is 11.9 Å². The van der Waals surface area contributed by atoms with Crippen LogP contribution in [-0.4, -0.2) is 57.8 Å². The Kier molecular flexibility index (Phi) is 5.65. The van der Waals surface area contributed by atoms with Gasteiger partial charge in [-0.2, -0.15) is 0 Å². The number of aromatic nitrogens is 3. The lowest BCUT2D eigenvalue weighted by Crippen LogP contribution is -2.52. The van der Waals surface area contributed by atoms with Crippen molar-refractivity contribution >= 4 is 17.2 Å². The molecule has 25 heavy (non-hydrogen) atoms. The van der Waals surface area contributed by atoms with Crippen LogP contribution in [0.3, 0.4) is 0 Å². The summed E-state index contributed by atoms with van der Waals surface area (Å²) in [5.41, 5.74) is 1.53. The maximum Gasteiger partial charge on any atom is 0.244 e. The molecule has 1 aliphatic heterocycles. The molecule has 1 atom stereocenters. The molecule has 1 amide bonds. The molecule has 2 aromatic rings. The zero-order valence-corrected chi connectivity index (χ0v) is 15.2. The van der Waals surface area contributed by atoms with Gasteiger partial charge in [-0.1, -0.05) is 27.2 Å². The fourth-order valence-corrected chi connectivity index (χ4v) is 3.11. The SMILES string of the molecule is CCCCN1CCOCC1C(=O)Nc1ccc2nnc(C(C)C)n2c1. The molecule has 3 heterocycles. The van der Waals surface area contributed by atoms with Crippen molar-refractivity contribution in [2.75, 3.05) is 31.6 Å². The van der Waals surface area contributed by atoms with Gasteiger partial charge < -0.3 is 10.1 Å². The molecule has 7 nitrogen and oxygen atoms in total. The van der Waals surface area contributed by atoms with E-state index < -0.39 is 0 Å². The predicted octanol–water partition coefficient (Wildman–Crippen LogP) is 2.29. The van der Waals surface area contributed by atoms with Gasteiger partial charge in [0.05, 0.1) is 18.9 Å². The number of fused-ring (bicyclic) bond motifs is 1. The van der Waals surface area contributed by atoms with Crippen molar-refractivity contribution < 1.29 is 9.53 Å². The number of nitrogens with one attached hydrogen (secondary N) is 1. The van der Waals surface area contributed by atoms with Gasteiger partial charge >= 0.3 is 0 Å². The van der Waals surface area contributed by atoms with Crippen LogP contribution in [0.1, 0.15) is 45.4 Å². The van der Waals surface area contributed by atoms with E-state index in [0.717, 1.165) is 43.1 Å². The van der Waals surface area contributed by atoms with Crippen LogP contribution in [0.2, 0.25) is 0 Å².